The minimum absolute atomic E-state index is 0.0177. The van der Waals surface area contributed by atoms with Gasteiger partial charge >= 0.3 is 5.97 Å². The number of nitrogens with one attached hydrogen (secondary N) is 1. The quantitative estimate of drug-likeness (QED) is 0.756. The van der Waals surface area contributed by atoms with Crippen molar-refractivity contribution >= 4 is 40.8 Å². The van der Waals surface area contributed by atoms with E-state index in [1.807, 2.05) is 37.3 Å². The molecule has 1 N–H and O–H groups in total. The summed E-state index contributed by atoms with van der Waals surface area (Å²) in [5, 5.41) is 3.36. The molecule has 1 atom stereocenters. The van der Waals surface area contributed by atoms with Gasteiger partial charge in [0.05, 0.1) is 17.1 Å². The summed E-state index contributed by atoms with van der Waals surface area (Å²) in [6, 6.07) is 14.4. The first-order chi connectivity index (χ1) is 11.5. The number of hydrogen-bond acceptors (Lipinski definition) is 3. The molecule has 0 bridgehead atoms. The molecule has 2 rings (SSSR count). The van der Waals surface area contributed by atoms with Gasteiger partial charge in [-0.05, 0) is 29.7 Å². The van der Waals surface area contributed by atoms with Crippen LogP contribution in [0.1, 0.15) is 24.8 Å². The van der Waals surface area contributed by atoms with Gasteiger partial charge in [0.25, 0.3) is 5.91 Å². The first kappa shape index (κ1) is 18.3. The van der Waals surface area contributed by atoms with Gasteiger partial charge in [-0.3, -0.25) is 9.59 Å². The van der Waals surface area contributed by atoms with E-state index < -0.39 is 11.9 Å². The average molecular weight is 366 g/mol. The van der Waals surface area contributed by atoms with Crippen LogP contribution in [0.4, 0.5) is 5.69 Å². The second kappa shape index (κ2) is 8.71. The van der Waals surface area contributed by atoms with Crippen molar-refractivity contribution in [3.8, 4) is 0 Å². The minimum Gasteiger partial charge on any atom is -0.456 e. The molecule has 0 saturated carbocycles. The number of anilines is 1. The van der Waals surface area contributed by atoms with Gasteiger partial charge in [0, 0.05) is 5.02 Å². The fourth-order valence-electron chi connectivity index (χ4n) is 2.13. The van der Waals surface area contributed by atoms with Gasteiger partial charge in [0.1, 0.15) is 0 Å². The van der Waals surface area contributed by atoms with Crippen LogP contribution in [0.5, 0.6) is 0 Å². The normalized spacial score (nSPS) is 11.6. The van der Waals surface area contributed by atoms with E-state index in [0.29, 0.717) is 15.7 Å². The Morgan fingerprint density at radius 1 is 1.12 bits per heavy atom. The molecule has 0 heterocycles. The summed E-state index contributed by atoms with van der Waals surface area (Å²) in [6.45, 7) is 1.56. The highest BCUT2D eigenvalue weighted by Gasteiger charge is 2.14. The third kappa shape index (κ3) is 5.55. The summed E-state index contributed by atoms with van der Waals surface area (Å²) in [7, 11) is 0. The second-order valence-corrected chi connectivity index (χ2v) is 6.19. The lowest BCUT2D eigenvalue weighted by molar-refractivity contribution is -0.147. The highest BCUT2D eigenvalue weighted by Crippen LogP contribution is 2.25. The summed E-state index contributed by atoms with van der Waals surface area (Å²) in [4.78, 5) is 23.7. The van der Waals surface area contributed by atoms with E-state index in [4.69, 9.17) is 27.9 Å². The lowest BCUT2D eigenvalue weighted by Gasteiger charge is -2.12. The van der Waals surface area contributed by atoms with Crippen molar-refractivity contribution in [3.63, 3.8) is 0 Å². The van der Waals surface area contributed by atoms with Crippen LogP contribution in [0.25, 0.3) is 0 Å². The number of amides is 1. The van der Waals surface area contributed by atoms with Crippen LogP contribution in [0.3, 0.4) is 0 Å². The van der Waals surface area contributed by atoms with Gasteiger partial charge in [-0.15, -0.1) is 0 Å². The second-order valence-electron chi connectivity index (χ2n) is 5.35. The molecule has 0 aliphatic carbocycles. The SMILES string of the molecule is C[C@H](CC(=O)OCC(=O)Nc1cc(Cl)ccc1Cl)c1ccccc1. The standard InChI is InChI=1S/C18H17Cl2NO3/c1-12(13-5-3-2-4-6-13)9-18(23)24-11-17(22)21-16-10-14(19)7-8-15(16)20/h2-8,10,12H,9,11H2,1H3,(H,21,22)/t12-/m1/s1. The Labute approximate surface area is 150 Å². The predicted molar refractivity (Wildman–Crippen MR) is 95.5 cm³/mol. The summed E-state index contributed by atoms with van der Waals surface area (Å²) < 4.78 is 5.01. The lowest BCUT2D eigenvalue weighted by Crippen LogP contribution is -2.21. The van der Waals surface area contributed by atoms with Crippen LogP contribution in [0, 0.1) is 0 Å². The third-order valence-corrected chi connectivity index (χ3v) is 3.97. The van der Waals surface area contributed by atoms with Crippen molar-refractivity contribution in [3.05, 3.63) is 64.1 Å². The number of ether oxygens (including phenoxy) is 1. The Hall–Kier alpha value is -2.04. The molecule has 0 aromatic heterocycles. The maximum Gasteiger partial charge on any atom is 0.306 e. The maximum absolute atomic E-state index is 11.9. The number of esters is 1. The Kier molecular flexibility index (Phi) is 6.64. The van der Waals surface area contributed by atoms with Crippen LogP contribution >= 0.6 is 23.2 Å². The highest BCUT2D eigenvalue weighted by molar-refractivity contribution is 6.35. The van der Waals surface area contributed by atoms with E-state index in [2.05, 4.69) is 5.32 Å². The van der Waals surface area contributed by atoms with E-state index in [-0.39, 0.29) is 18.9 Å². The van der Waals surface area contributed by atoms with Crippen LogP contribution in [-0.4, -0.2) is 18.5 Å². The molecule has 0 aliphatic rings. The molecule has 24 heavy (non-hydrogen) atoms. The molecule has 0 fully saturated rings. The molecule has 4 nitrogen and oxygen atoms in total. The maximum atomic E-state index is 11.9. The Balaban J connectivity index is 1.81. The molecule has 126 valence electrons. The summed E-state index contributed by atoms with van der Waals surface area (Å²) in [5.41, 5.74) is 1.42. The average Bonchev–Trinajstić information content (AvgIpc) is 2.57. The van der Waals surface area contributed by atoms with Crippen LogP contribution in [0.15, 0.2) is 48.5 Å². The minimum atomic E-state index is -0.472. The first-order valence-electron chi connectivity index (χ1n) is 7.41. The molecule has 6 heteroatoms. The number of carbonyl (C=O) groups excluding carboxylic acids is 2. The number of rotatable bonds is 6. The smallest absolute Gasteiger partial charge is 0.306 e. The summed E-state index contributed by atoms with van der Waals surface area (Å²) >= 11 is 11.8. The monoisotopic (exact) mass is 365 g/mol. The molecule has 2 aromatic rings. The van der Waals surface area contributed by atoms with Crippen molar-refractivity contribution in [2.24, 2.45) is 0 Å². The number of halogens is 2. The number of carbonyl (C=O) groups is 2. The van der Waals surface area contributed by atoms with Crippen LogP contribution in [0.2, 0.25) is 10.0 Å². The molecule has 2 aromatic carbocycles. The molecule has 0 spiro atoms. The fourth-order valence-corrected chi connectivity index (χ4v) is 2.47. The largest absolute Gasteiger partial charge is 0.456 e. The van der Waals surface area contributed by atoms with Gasteiger partial charge in [0.2, 0.25) is 0 Å². The van der Waals surface area contributed by atoms with E-state index >= 15 is 0 Å². The molecular weight excluding hydrogens is 349 g/mol. The van der Waals surface area contributed by atoms with Gasteiger partial charge in [-0.1, -0.05) is 60.5 Å². The molecule has 0 aliphatic heterocycles. The highest BCUT2D eigenvalue weighted by atomic mass is 35.5. The number of benzene rings is 2. The molecule has 1 amide bonds. The van der Waals surface area contributed by atoms with E-state index in [0.717, 1.165) is 5.56 Å². The van der Waals surface area contributed by atoms with Crippen LogP contribution in [-0.2, 0) is 14.3 Å². The molecule has 0 unspecified atom stereocenters. The molecule has 0 saturated heterocycles. The molecular formula is C18H17Cl2NO3. The van der Waals surface area contributed by atoms with Crippen molar-refractivity contribution in [2.75, 3.05) is 11.9 Å². The first-order valence-corrected chi connectivity index (χ1v) is 8.17. The van der Waals surface area contributed by atoms with Crippen LogP contribution < -0.4 is 5.32 Å². The Bertz CT molecular complexity index is 719. The zero-order valence-electron chi connectivity index (χ0n) is 13.1. The zero-order chi connectivity index (χ0) is 17.5. The van der Waals surface area contributed by atoms with Gasteiger partial charge in [0.15, 0.2) is 6.61 Å². The van der Waals surface area contributed by atoms with Gasteiger partial charge in [-0.25, -0.2) is 0 Å². The summed E-state index contributed by atoms with van der Waals surface area (Å²) in [6.07, 6.45) is 0.204. The van der Waals surface area contributed by atoms with Crippen molar-refractivity contribution in [1.29, 1.82) is 0 Å². The Morgan fingerprint density at radius 3 is 2.54 bits per heavy atom. The number of hydrogen-bond donors (Lipinski definition) is 1. The van der Waals surface area contributed by atoms with E-state index in [1.54, 1.807) is 12.1 Å². The van der Waals surface area contributed by atoms with Crippen molar-refractivity contribution in [2.45, 2.75) is 19.3 Å². The van der Waals surface area contributed by atoms with E-state index in [9.17, 15) is 9.59 Å². The van der Waals surface area contributed by atoms with Gasteiger partial charge in [-0.2, -0.15) is 0 Å². The third-order valence-electron chi connectivity index (χ3n) is 3.41. The van der Waals surface area contributed by atoms with Crippen molar-refractivity contribution < 1.29 is 14.3 Å². The summed E-state index contributed by atoms with van der Waals surface area (Å²) in [5.74, 6) is -0.886. The van der Waals surface area contributed by atoms with Gasteiger partial charge < -0.3 is 10.1 Å². The van der Waals surface area contributed by atoms with Crippen molar-refractivity contribution in [1.82, 2.24) is 0 Å². The Morgan fingerprint density at radius 2 is 1.83 bits per heavy atom. The fraction of sp³-hybridized carbons (Fsp3) is 0.222. The predicted octanol–water partition coefficient (Wildman–Crippen LogP) is 4.67. The lowest BCUT2D eigenvalue weighted by atomic mass is 9.98. The zero-order valence-corrected chi connectivity index (χ0v) is 14.6. The topological polar surface area (TPSA) is 55.4 Å². The molecule has 0 radical (unpaired) electrons. The van der Waals surface area contributed by atoms with E-state index in [1.165, 1.54) is 6.07 Å².